The van der Waals surface area contributed by atoms with E-state index in [1.165, 1.54) is 7.11 Å². The molecule has 130 valence electrons. The van der Waals surface area contributed by atoms with Crippen LogP contribution in [0.2, 0.25) is 0 Å². The van der Waals surface area contributed by atoms with Crippen LogP contribution >= 0.6 is 0 Å². The Morgan fingerprint density at radius 2 is 1.96 bits per heavy atom. The topological polar surface area (TPSA) is 85.6 Å². The van der Waals surface area contributed by atoms with E-state index in [-0.39, 0.29) is 11.8 Å². The van der Waals surface area contributed by atoms with Crippen molar-refractivity contribution >= 4 is 17.5 Å². The molecule has 7 heteroatoms. The minimum Gasteiger partial charge on any atom is -0.467 e. The largest absolute Gasteiger partial charge is 0.467 e. The van der Waals surface area contributed by atoms with Crippen LogP contribution in [0.3, 0.4) is 0 Å². The van der Waals surface area contributed by atoms with Gasteiger partial charge in [-0.2, -0.15) is 5.10 Å². The lowest BCUT2D eigenvalue weighted by Gasteiger charge is -2.18. The molecule has 2 rings (SSSR count). The fraction of sp³-hybridized carbons (Fsp3) is 0.529. The predicted molar refractivity (Wildman–Crippen MR) is 89.9 cm³/mol. The van der Waals surface area contributed by atoms with E-state index in [9.17, 15) is 9.59 Å². The van der Waals surface area contributed by atoms with E-state index in [0.717, 1.165) is 11.4 Å². The number of carbonyl (C=O) groups excluding carboxylic acids is 2. The van der Waals surface area contributed by atoms with Gasteiger partial charge in [0.2, 0.25) is 0 Å². The minimum atomic E-state index is -0.692. The average Bonchev–Trinajstić information content (AvgIpc) is 2.81. The number of amides is 1. The molecule has 0 aliphatic heterocycles. The number of aromatic nitrogens is 3. The molecule has 0 bridgehead atoms. The average molecular weight is 332 g/mol. The van der Waals surface area contributed by atoms with Crippen LogP contribution in [-0.4, -0.2) is 39.6 Å². The zero-order valence-electron chi connectivity index (χ0n) is 15.0. The summed E-state index contributed by atoms with van der Waals surface area (Å²) in [6.07, 6.45) is 0.502. The normalized spacial score (nSPS) is 12.5. The number of rotatable bonds is 5. The van der Waals surface area contributed by atoms with Gasteiger partial charge in [0.15, 0.2) is 5.65 Å². The number of aryl methyl sites for hydroxylation is 3. The summed E-state index contributed by atoms with van der Waals surface area (Å²) >= 11 is 0. The van der Waals surface area contributed by atoms with E-state index in [1.54, 1.807) is 11.4 Å². The molecule has 2 aromatic heterocycles. The van der Waals surface area contributed by atoms with Crippen molar-refractivity contribution in [2.75, 3.05) is 7.11 Å². The van der Waals surface area contributed by atoms with Gasteiger partial charge in [-0.25, -0.2) is 14.3 Å². The second-order valence-electron chi connectivity index (χ2n) is 6.41. The number of methoxy groups -OCH3 is 1. The van der Waals surface area contributed by atoms with Crippen molar-refractivity contribution in [3.05, 3.63) is 28.7 Å². The SMILES string of the molecule is COC(=O)[C@H](CC(C)C)NC(=O)c1c(C)nn2c(C)cc(C)nc12. The van der Waals surface area contributed by atoms with E-state index in [1.807, 2.05) is 33.8 Å². The molecule has 2 aromatic rings. The second-order valence-corrected chi connectivity index (χ2v) is 6.41. The molecule has 1 N–H and O–H groups in total. The first-order valence-corrected chi connectivity index (χ1v) is 7.96. The van der Waals surface area contributed by atoms with Gasteiger partial charge in [-0.05, 0) is 39.2 Å². The summed E-state index contributed by atoms with van der Waals surface area (Å²) in [6, 6.07) is 1.21. The molecule has 1 atom stereocenters. The molecule has 0 unspecified atom stereocenters. The lowest BCUT2D eigenvalue weighted by molar-refractivity contribution is -0.143. The molecular formula is C17H24N4O3. The van der Waals surface area contributed by atoms with Gasteiger partial charge in [0.25, 0.3) is 5.91 Å². The fourth-order valence-corrected chi connectivity index (χ4v) is 2.75. The molecule has 2 heterocycles. The maximum atomic E-state index is 12.8. The number of nitrogens with one attached hydrogen (secondary N) is 1. The first-order valence-electron chi connectivity index (χ1n) is 7.96. The van der Waals surface area contributed by atoms with Crippen LogP contribution in [-0.2, 0) is 9.53 Å². The van der Waals surface area contributed by atoms with Crippen molar-refractivity contribution in [1.29, 1.82) is 0 Å². The van der Waals surface area contributed by atoms with Gasteiger partial charge in [0.05, 0.1) is 12.8 Å². The highest BCUT2D eigenvalue weighted by molar-refractivity contribution is 6.02. The molecule has 0 aliphatic carbocycles. The number of hydrogen-bond donors (Lipinski definition) is 1. The van der Waals surface area contributed by atoms with Crippen LogP contribution in [0.5, 0.6) is 0 Å². The Morgan fingerprint density at radius 3 is 2.54 bits per heavy atom. The van der Waals surface area contributed by atoms with E-state index >= 15 is 0 Å². The Labute approximate surface area is 141 Å². The van der Waals surface area contributed by atoms with Crippen molar-refractivity contribution in [3.8, 4) is 0 Å². The number of ether oxygens (including phenoxy) is 1. The van der Waals surface area contributed by atoms with Crippen LogP contribution in [0.1, 0.15) is 47.7 Å². The third-order valence-corrected chi connectivity index (χ3v) is 3.80. The number of esters is 1. The molecule has 24 heavy (non-hydrogen) atoms. The van der Waals surface area contributed by atoms with Crippen LogP contribution in [0.25, 0.3) is 5.65 Å². The van der Waals surface area contributed by atoms with Crippen LogP contribution < -0.4 is 5.32 Å². The van der Waals surface area contributed by atoms with Gasteiger partial charge in [-0.3, -0.25) is 4.79 Å². The van der Waals surface area contributed by atoms with E-state index < -0.39 is 12.0 Å². The Bertz CT molecular complexity index is 780. The first kappa shape index (κ1) is 17.9. The van der Waals surface area contributed by atoms with Crippen molar-refractivity contribution in [3.63, 3.8) is 0 Å². The molecule has 1 amide bonds. The Kier molecular flexibility index (Phi) is 5.21. The predicted octanol–water partition coefficient (Wildman–Crippen LogP) is 1.97. The summed E-state index contributed by atoms with van der Waals surface area (Å²) in [5, 5.41) is 7.15. The third kappa shape index (κ3) is 3.55. The van der Waals surface area contributed by atoms with Crippen molar-refractivity contribution in [1.82, 2.24) is 19.9 Å². The highest BCUT2D eigenvalue weighted by Crippen LogP contribution is 2.17. The molecule has 0 saturated carbocycles. The summed E-state index contributed by atoms with van der Waals surface area (Å²) in [4.78, 5) is 29.1. The number of carbonyl (C=O) groups is 2. The highest BCUT2D eigenvalue weighted by atomic mass is 16.5. The van der Waals surface area contributed by atoms with Gasteiger partial charge >= 0.3 is 5.97 Å². The molecule has 0 aliphatic rings. The lowest BCUT2D eigenvalue weighted by Crippen LogP contribution is -2.42. The Balaban J connectivity index is 2.40. The maximum absolute atomic E-state index is 12.8. The minimum absolute atomic E-state index is 0.238. The zero-order valence-corrected chi connectivity index (χ0v) is 15.0. The van der Waals surface area contributed by atoms with Gasteiger partial charge < -0.3 is 10.1 Å². The van der Waals surface area contributed by atoms with E-state index in [2.05, 4.69) is 15.4 Å². The van der Waals surface area contributed by atoms with Gasteiger partial charge in [0, 0.05) is 11.4 Å². The van der Waals surface area contributed by atoms with Crippen molar-refractivity contribution < 1.29 is 14.3 Å². The maximum Gasteiger partial charge on any atom is 0.328 e. The fourth-order valence-electron chi connectivity index (χ4n) is 2.75. The molecular weight excluding hydrogens is 308 g/mol. The molecule has 0 aromatic carbocycles. The first-order chi connectivity index (χ1) is 11.2. The standard InChI is InChI=1S/C17H24N4O3/c1-9(2)7-13(17(23)24-6)19-16(22)14-12(5)20-21-11(4)8-10(3)18-15(14)21/h8-9,13H,7H2,1-6H3,(H,19,22)/t13-/m0/s1. The van der Waals surface area contributed by atoms with Gasteiger partial charge in [0.1, 0.15) is 11.6 Å². The van der Waals surface area contributed by atoms with E-state index in [0.29, 0.717) is 23.3 Å². The number of nitrogens with zero attached hydrogens (tertiary/aromatic N) is 3. The van der Waals surface area contributed by atoms with Crippen molar-refractivity contribution in [2.24, 2.45) is 5.92 Å². The summed E-state index contributed by atoms with van der Waals surface area (Å²) < 4.78 is 6.44. The van der Waals surface area contributed by atoms with Crippen LogP contribution in [0.15, 0.2) is 6.07 Å². The second kappa shape index (κ2) is 6.98. The molecule has 0 saturated heterocycles. The molecule has 7 nitrogen and oxygen atoms in total. The summed E-state index contributed by atoms with van der Waals surface area (Å²) in [5.41, 5.74) is 3.16. The van der Waals surface area contributed by atoms with Crippen LogP contribution in [0, 0.1) is 26.7 Å². The number of fused-ring (bicyclic) bond motifs is 1. The smallest absolute Gasteiger partial charge is 0.328 e. The zero-order chi connectivity index (χ0) is 18.0. The number of hydrogen-bond acceptors (Lipinski definition) is 5. The van der Waals surface area contributed by atoms with Gasteiger partial charge in [-0.15, -0.1) is 0 Å². The summed E-state index contributed by atoms with van der Waals surface area (Å²) in [6.45, 7) is 9.50. The monoisotopic (exact) mass is 332 g/mol. The van der Waals surface area contributed by atoms with Crippen molar-refractivity contribution in [2.45, 2.75) is 47.1 Å². The molecule has 0 fully saturated rings. The van der Waals surface area contributed by atoms with Crippen LogP contribution in [0.4, 0.5) is 0 Å². The Morgan fingerprint density at radius 1 is 1.29 bits per heavy atom. The quantitative estimate of drug-likeness (QED) is 0.846. The van der Waals surface area contributed by atoms with E-state index in [4.69, 9.17) is 4.74 Å². The third-order valence-electron chi connectivity index (χ3n) is 3.80. The molecule has 0 spiro atoms. The molecule has 0 radical (unpaired) electrons. The summed E-state index contributed by atoms with van der Waals surface area (Å²) in [5.74, 6) is -0.579. The summed E-state index contributed by atoms with van der Waals surface area (Å²) in [7, 11) is 1.32. The highest BCUT2D eigenvalue weighted by Gasteiger charge is 2.26. The Hall–Kier alpha value is -2.44. The lowest BCUT2D eigenvalue weighted by atomic mass is 10.0. The van der Waals surface area contributed by atoms with Gasteiger partial charge in [-0.1, -0.05) is 13.8 Å².